The monoisotopic (exact) mass is 387 g/mol. The van der Waals surface area contributed by atoms with E-state index >= 15 is 0 Å². The maximum Gasteiger partial charge on any atom is 0.223 e. The van der Waals surface area contributed by atoms with Gasteiger partial charge in [0.2, 0.25) is 5.91 Å². The van der Waals surface area contributed by atoms with Gasteiger partial charge in [0.05, 0.1) is 11.8 Å². The van der Waals surface area contributed by atoms with Crippen LogP contribution in [0.25, 0.3) is 0 Å². The number of carbonyl (C=O) groups excluding carboxylic acids is 1. The Labute approximate surface area is 167 Å². The van der Waals surface area contributed by atoms with Crippen LogP contribution in [-0.2, 0) is 4.79 Å². The van der Waals surface area contributed by atoms with Gasteiger partial charge in [-0.25, -0.2) is 4.98 Å². The first-order valence-electron chi connectivity index (χ1n) is 10.6. The van der Waals surface area contributed by atoms with Crippen molar-refractivity contribution < 1.29 is 15.0 Å². The van der Waals surface area contributed by atoms with Crippen LogP contribution < -0.4 is 4.90 Å². The Morgan fingerprint density at radius 2 is 1.96 bits per heavy atom. The molecule has 6 heteroatoms. The molecule has 0 radical (unpaired) electrons. The molecular formula is C22H33N3O3. The molecule has 4 rings (SSSR count). The van der Waals surface area contributed by atoms with Crippen LogP contribution in [0.4, 0.5) is 5.82 Å². The van der Waals surface area contributed by atoms with Crippen molar-refractivity contribution in [2.24, 2.45) is 17.3 Å². The number of fused-ring (bicyclic) bond motifs is 2. The first kappa shape index (κ1) is 19.5. The highest BCUT2D eigenvalue weighted by Gasteiger charge is 2.50. The number of aromatic nitrogens is 1. The van der Waals surface area contributed by atoms with Crippen LogP contribution in [0.3, 0.4) is 0 Å². The molecule has 28 heavy (non-hydrogen) atoms. The lowest BCUT2D eigenvalue weighted by molar-refractivity contribution is -0.141. The van der Waals surface area contributed by atoms with Crippen LogP contribution in [0.5, 0.6) is 5.75 Å². The molecule has 0 spiro atoms. The summed E-state index contributed by atoms with van der Waals surface area (Å²) in [5.41, 5.74) is -0.663. The van der Waals surface area contributed by atoms with Crippen molar-refractivity contribution in [3.63, 3.8) is 0 Å². The zero-order valence-corrected chi connectivity index (χ0v) is 17.1. The summed E-state index contributed by atoms with van der Waals surface area (Å²) in [7, 11) is 0. The van der Waals surface area contributed by atoms with Crippen molar-refractivity contribution in [1.82, 2.24) is 9.88 Å². The van der Waals surface area contributed by atoms with E-state index in [0.29, 0.717) is 31.3 Å². The van der Waals surface area contributed by atoms with Crippen LogP contribution >= 0.6 is 0 Å². The molecule has 2 heterocycles. The van der Waals surface area contributed by atoms with Gasteiger partial charge in [-0.05, 0) is 68.4 Å². The topological polar surface area (TPSA) is 76.9 Å². The maximum absolute atomic E-state index is 13.1. The number of hydrogen-bond donors (Lipinski definition) is 2. The molecule has 3 fully saturated rings. The molecule has 1 amide bonds. The normalized spacial score (nSPS) is 35.7. The third kappa shape index (κ3) is 4.12. The van der Waals surface area contributed by atoms with Crippen molar-refractivity contribution in [3.05, 3.63) is 18.3 Å². The largest absolute Gasteiger partial charge is 0.506 e. The van der Waals surface area contributed by atoms with Gasteiger partial charge in [0, 0.05) is 32.6 Å². The van der Waals surface area contributed by atoms with Crippen molar-refractivity contribution in [2.75, 3.05) is 31.1 Å². The summed E-state index contributed by atoms with van der Waals surface area (Å²) in [5.74, 6) is 2.44. The quantitative estimate of drug-likeness (QED) is 0.834. The number of pyridine rings is 1. The summed E-state index contributed by atoms with van der Waals surface area (Å²) in [6.07, 6.45) is 7.00. The number of piperazine rings is 1. The van der Waals surface area contributed by atoms with E-state index < -0.39 is 5.60 Å². The number of aliphatic hydroxyl groups is 1. The Balaban J connectivity index is 1.38. The molecule has 1 aliphatic heterocycles. The molecule has 1 aromatic heterocycles. The van der Waals surface area contributed by atoms with Gasteiger partial charge in [-0.3, -0.25) is 4.79 Å². The average Bonchev–Trinajstić information content (AvgIpc) is 2.60. The second-order valence-corrected chi connectivity index (χ2v) is 9.91. The number of anilines is 1. The predicted octanol–water partition coefficient (Wildman–Crippen LogP) is 2.79. The third-order valence-electron chi connectivity index (χ3n) is 6.94. The number of aromatic hydroxyl groups is 1. The third-order valence-corrected chi connectivity index (χ3v) is 6.94. The molecule has 154 valence electrons. The number of amides is 1. The van der Waals surface area contributed by atoms with E-state index in [-0.39, 0.29) is 17.1 Å². The lowest BCUT2D eigenvalue weighted by atomic mass is 9.54. The van der Waals surface area contributed by atoms with Crippen LogP contribution in [-0.4, -0.2) is 57.8 Å². The summed E-state index contributed by atoms with van der Waals surface area (Å²) in [6, 6.07) is 3.47. The minimum Gasteiger partial charge on any atom is -0.506 e. The minimum atomic E-state index is -0.632. The molecule has 1 aromatic rings. The SMILES string of the molecule is CC1CC2CC(C)(O)CC(CC(=O)N3CCN(c4ccc(O)cn4)CC3)(C1)C2. The molecule has 2 aliphatic carbocycles. The molecule has 4 unspecified atom stereocenters. The van der Waals surface area contributed by atoms with Gasteiger partial charge in [-0.2, -0.15) is 0 Å². The highest BCUT2D eigenvalue weighted by atomic mass is 16.3. The van der Waals surface area contributed by atoms with E-state index in [1.54, 1.807) is 6.07 Å². The Morgan fingerprint density at radius 1 is 1.21 bits per heavy atom. The van der Waals surface area contributed by atoms with Crippen molar-refractivity contribution in [3.8, 4) is 5.75 Å². The Hall–Kier alpha value is -1.82. The van der Waals surface area contributed by atoms with Crippen LogP contribution in [0.15, 0.2) is 18.3 Å². The van der Waals surface area contributed by atoms with Gasteiger partial charge in [-0.1, -0.05) is 6.92 Å². The summed E-state index contributed by atoms with van der Waals surface area (Å²) >= 11 is 0. The van der Waals surface area contributed by atoms with Gasteiger partial charge in [-0.15, -0.1) is 0 Å². The zero-order chi connectivity index (χ0) is 19.9. The number of rotatable bonds is 3. The Kier molecular flexibility index (Phi) is 5.02. The standard InChI is InChI=1S/C22H33N3O3/c1-16-9-17-11-21(2,28)15-22(10-16,12-17)13-20(27)25-7-5-24(6-8-25)19-4-3-18(26)14-23-19/h3-4,14,16-17,26,28H,5-13,15H2,1-2H3. The summed E-state index contributed by atoms with van der Waals surface area (Å²) in [4.78, 5) is 21.6. The Bertz CT molecular complexity index is 708. The molecule has 6 nitrogen and oxygen atoms in total. The van der Waals surface area contributed by atoms with Crippen molar-refractivity contribution >= 4 is 11.7 Å². The second kappa shape index (κ2) is 7.21. The highest BCUT2D eigenvalue weighted by molar-refractivity contribution is 5.77. The van der Waals surface area contributed by atoms with E-state index in [9.17, 15) is 15.0 Å². The molecule has 0 aromatic carbocycles. The number of nitrogens with zero attached hydrogens (tertiary/aromatic N) is 3. The molecule has 2 N–H and O–H groups in total. The minimum absolute atomic E-state index is 0.0309. The van der Waals surface area contributed by atoms with Crippen LogP contribution in [0, 0.1) is 17.3 Å². The molecule has 3 aliphatic rings. The molecule has 2 bridgehead atoms. The van der Waals surface area contributed by atoms with Gasteiger partial charge in [0.25, 0.3) is 0 Å². The second-order valence-electron chi connectivity index (χ2n) is 9.91. The van der Waals surface area contributed by atoms with Crippen molar-refractivity contribution in [1.29, 1.82) is 0 Å². The summed E-state index contributed by atoms with van der Waals surface area (Å²) in [6.45, 7) is 7.17. The van der Waals surface area contributed by atoms with E-state index in [1.165, 1.54) is 12.6 Å². The van der Waals surface area contributed by atoms with E-state index in [4.69, 9.17) is 0 Å². The average molecular weight is 388 g/mol. The number of carbonyl (C=O) groups is 1. The lowest BCUT2D eigenvalue weighted by Crippen LogP contribution is -2.52. The molecule has 1 saturated heterocycles. The highest BCUT2D eigenvalue weighted by Crippen LogP contribution is 2.55. The zero-order valence-electron chi connectivity index (χ0n) is 17.1. The molecular weight excluding hydrogens is 354 g/mol. The van der Waals surface area contributed by atoms with Crippen LogP contribution in [0.1, 0.15) is 52.4 Å². The van der Waals surface area contributed by atoms with E-state index in [1.807, 2.05) is 17.9 Å². The fourth-order valence-electron chi connectivity index (χ4n) is 6.36. The molecule has 2 saturated carbocycles. The van der Waals surface area contributed by atoms with Crippen molar-refractivity contribution in [2.45, 2.75) is 58.0 Å². The van der Waals surface area contributed by atoms with Gasteiger partial charge >= 0.3 is 0 Å². The first-order valence-corrected chi connectivity index (χ1v) is 10.6. The van der Waals surface area contributed by atoms with Gasteiger partial charge in [0.1, 0.15) is 11.6 Å². The fraction of sp³-hybridized carbons (Fsp3) is 0.727. The van der Waals surface area contributed by atoms with Gasteiger partial charge < -0.3 is 20.0 Å². The van der Waals surface area contributed by atoms with E-state index in [2.05, 4.69) is 16.8 Å². The van der Waals surface area contributed by atoms with Gasteiger partial charge in [0.15, 0.2) is 0 Å². The Morgan fingerprint density at radius 3 is 2.64 bits per heavy atom. The summed E-state index contributed by atoms with van der Waals surface area (Å²) < 4.78 is 0. The summed E-state index contributed by atoms with van der Waals surface area (Å²) in [5, 5.41) is 20.2. The molecule has 4 atom stereocenters. The predicted molar refractivity (Wildman–Crippen MR) is 108 cm³/mol. The van der Waals surface area contributed by atoms with Crippen LogP contribution in [0.2, 0.25) is 0 Å². The van der Waals surface area contributed by atoms with E-state index in [0.717, 1.165) is 44.6 Å². The number of hydrogen-bond acceptors (Lipinski definition) is 5. The maximum atomic E-state index is 13.1. The lowest BCUT2D eigenvalue weighted by Gasteiger charge is -2.53. The fourth-order valence-corrected chi connectivity index (χ4v) is 6.36. The smallest absolute Gasteiger partial charge is 0.223 e. The first-order chi connectivity index (χ1) is 13.2.